The average molecular weight is 270 g/mol. The van der Waals surface area contributed by atoms with Crippen LogP contribution < -0.4 is 5.73 Å². The summed E-state index contributed by atoms with van der Waals surface area (Å²) in [7, 11) is 1.36. The van der Waals surface area contributed by atoms with Crippen molar-refractivity contribution in [2.24, 2.45) is 11.1 Å². The minimum absolute atomic E-state index is 0.290. The fourth-order valence-electron chi connectivity index (χ4n) is 3.20. The van der Waals surface area contributed by atoms with Crippen LogP contribution >= 0.6 is 0 Å². The molecule has 0 aromatic rings. The van der Waals surface area contributed by atoms with Crippen LogP contribution in [0.25, 0.3) is 0 Å². The molecule has 3 rings (SSSR count). The first-order valence-electron chi connectivity index (χ1n) is 6.44. The van der Waals surface area contributed by atoms with Crippen LogP contribution in [-0.2, 0) is 14.3 Å². The second-order valence-corrected chi connectivity index (χ2v) is 6.82. The third kappa shape index (κ3) is 2.54. The number of hydrogen-bond acceptors (Lipinski definition) is 5. The zero-order valence-electron chi connectivity index (χ0n) is 12.0. The maximum atomic E-state index is 12.1. The van der Waals surface area contributed by atoms with Crippen LogP contribution in [0, 0.1) is 5.41 Å². The molecule has 2 saturated heterocycles. The van der Waals surface area contributed by atoms with Gasteiger partial charge in [0.15, 0.2) is 0 Å². The summed E-state index contributed by atoms with van der Waals surface area (Å²) >= 11 is 0. The molecule has 0 atom stereocenters. The van der Waals surface area contributed by atoms with Gasteiger partial charge in [-0.05, 0) is 33.6 Å². The molecule has 3 aliphatic rings. The van der Waals surface area contributed by atoms with Crippen molar-refractivity contribution < 1.29 is 19.1 Å². The Balaban J connectivity index is 2.09. The number of hydrogen-bond donors (Lipinski definition) is 1. The van der Waals surface area contributed by atoms with Gasteiger partial charge in [0.2, 0.25) is 0 Å². The molecule has 19 heavy (non-hydrogen) atoms. The van der Waals surface area contributed by atoms with Crippen LogP contribution in [0.4, 0.5) is 4.79 Å². The quantitative estimate of drug-likeness (QED) is 0.715. The van der Waals surface area contributed by atoms with E-state index in [4.69, 9.17) is 15.2 Å². The molecule has 0 spiro atoms. The van der Waals surface area contributed by atoms with Crippen LogP contribution in [0.3, 0.4) is 0 Å². The Hall–Kier alpha value is -1.30. The molecule has 0 radical (unpaired) electrons. The molecule has 0 aromatic carbocycles. The first-order chi connectivity index (χ1) is 8.59. The lowest BCUT2D eigenvalue weighted by atomic mass is 9.54. The van der Waals surface area contributed by atoms with Crippen molar-refractivity contribution in [1.29, 1.82) is 0 Å². The molecule has 3 fully saturated rings. The molecule has 6 nitrogen and oxygen atoms in total. The Morgan fingerprint density at radius 2 is 1.79 bits per heavy atom. The second kappa shape index (κ2) is 4.10. The molecular weight excluding hydrogens is 248 g/mol. The first kappa shape index (κ1) is 14.1. The highest BCUT2D eigenvalue weighted by atomic mass is 16.6. The van der Waals surface area contributed by atoms with Gasteiger partial charge in [-0.25, -0.2) is 4.79 Å². The summed E-state index contributed by atoms with van der Waals surface area (Å²) < 4.78 is 10.2. The van der Waals surface area contributed by atoms with Crippen molar-refractivity contribution in [3.63, 3.8) is 0 Å². The molecule has 2 N–H and O–H groups in total. The fraction of sp³-hybridized carbons (Fsp3) is 0.846. The van der Waals surface area contributed by atoms with Crippen molar-refractivity contribution in [1.82, 2.24) is 4.90 Å². The summed E-state index contributed by atoms with van der Waals surface area (Å²) in [5.41, 5.74) is 4.48. The Kier molecular flexibility index (Phi) is 3.04. The number of rotatable bonds is 1. The van der Waals surface area contributed by atoms with E-state index in [1.807, 2.05) is 20.8 Å². The Morgan fingerprint density at radius 3 is 2.26 bits per heavy atom. The van der Waals surface area contributed by atoms with Gasteiger partial charge in [0.1, 0.15) is 5.60 Å². The molecule has 2 aliphatic heterocycles. The topological polar surface area (TPSA) is 81.9 Å². The van der Waals surface area contributed by atoms with Crippen LogP contribution in [0.15, 0.2) is 0 Å². The predicted octanol–water partition coefficient (Wildman–Crippen LogP) is 0.888. The standard InChI is InChI=1S/C13H22N2O4/c1-11(2,3)19-10(17)15-7-12(9(16)18-4)5-13(14,6-12)8-15/h5-8,14H2,1-4H3. The van der Waals surface area contributed by atoms with Gasteiger partial charge in [-0.15, -0.1) is 0 Å². The number of carbonyl (C=O) groups excluding carboxylic acids is 2. The van der Waals surface area contributed by atoms with Crippen LogP contribution in [0.1, 0.15) is 33.6 Å². The summed E-state index contributed by atoms with van der Waals surface area (Å²) in [5.74, 6) is -0.290. The highest BCUT2D eigenvalue weighted by Gasteiger charge is 2.63. The molecule has 6 heteroatoms. The van der Waals surface area contributed by atoms with E-state index in [0.29, 0.717) is 25.9 Å². The number of nitrogens with two attached hydrogens (primary N) is 1. The monoisotopic (exact) mass is 270 g/mol. The van der Waals surface area contributed by atoms with Gasteiger partial charge < -0.3 is 20.1 Å². The highest BCUT2D eigenvalue weighted by Crippen LogP contribution is 2.52. The highest BCUT2D eigenvalue weighted by molar-refractivity contribution is 5.81. The molecular formula is C13H22N2O4. The Labute approximate surface area is 113 Å². The van der Waals surface area contributed by atoms with Crippen molar-refractivity contribution >= 4 is 12.1 Å². The number of esters is 1. The molecule has 0 aromatic heterocycles. The lowest BCUT2D eigenvalue weighted by Crippen LogP contribution is -2.74. The number of methoxy groups -OCH3 is 1. The van der Waals surface area contributed by atoms with Gasteiger partial charge in [-0.2, -0.15) is 0 Å². The predicted molar refractivity (Wildman–Crippen MR) is 68.4 cm³/mol. The van der Waals surface area contributed by atoms with E-state index < -0.39 is 22.6 Å². The SMILES string of the molecule is COC(=O)C12CN(C(=O)OC(C)(C)C)CC(N)(C1)C2. The van der Waals surface area contributed by atoms with E-state index in [9.17, 15) is 9.59 Å². The number of fused-ring (bicyclic) bond motifs is 2. The molecule has 1 aliphatic carbocycles. The average Bonchev–Trinajstić information content (AvgIpc) is 2.23. The molecule has 108 valence electrons. The normalized spacial score (nSPS) is 33.4. The minimum Gasteiger partial charge on any atom is -0.469 e. The van der Waals surface area contributed by atoms with Gasteiger partial charge >= 0.3 is 12.1 Å². The zero-order chi connectivity index (χ0) is 14.5. The van der Waals surface area contributed by atoms with Gasteiger partial charge in [-0.3, -0.25) is 4.79 Å². The second-order valence-electron chi connectivity index (χ2n) is 6.82. The molecule has 2 heterocycles. The fourth-order valence-corrected chi connectivity index (χ4v) is 3.20. The zero-order valence-corrected chi connectivity index (χ0v) is 12.0. The van der Waals surface area contributed by atoms with Gasteiger partial charge in [0.25, 0.3) is 0 Å². The maximum Gasteiger partial charge on any atom is 0.410 e. The number of amides is 1. The Morgan fingerprint density at radius 1 is 1.21 bits per heavy atom. The van der Waals surface area contributed by atoms with Crippen LogP contribution in [0.5, 0.6) is 0 Å². The summed E-state index contributed by atoms with van der Waals surface area (Å²) in [6, 6.07) is 0. The number of piperidine rings is 2. The Bertz CT molecular complexity index is 407. The summed E-state index contributed by atoms with van der Waals surface area (Å²) in [6.07, 6.45) is 0.729. The van der Waals surface area contributed by atoms with Crippen LogP contribution in [0.2, 0.25) is 0 Å². The van der Waals surface area contributed by atoms with E-state index in [2.05, 4.69) is 0 Å². The van der Waals surface area contributed by atoms with E-state index in [1.165, 1.54) is 12.0 Å². The lowest BCUT2D eigenvalue weighted by Gasteiger charge is -2.59. The minimum atomic E-state index is -0.640. The van der Waals surface area contributed by atoms with Gasteiger partial charge in [0, 0.05) is 18.6 Å². The van der Waals surface area contributed by atoms with E-state index >= 15 is 0 Å². The van der Waals surface area contributed by atoms with Gasteiger partial charge in [0.05, 0.1) is 12.5 Å². The van der Waals surface area contributed by atoms with E-state index in [0.717, 1.165) is 0 Å². The third-order valence-electron chi connectivity index (χ3n) is 3.65. The molecule has 1 amide bonds. The van der Waals surface area contributed by atoms with E-state index in [-0.39, 0.29) is 5.97 Å². The summed E-state index contributed by atoms with van der Waals surface area (Å²) in [6.45, 7) is 6.19. The number of nitrogens with zero attached hydrogens (tertiary/aromatic N) is 1. The van der Waals surface area contributed by atoms with Crippen molar-refractivity contribution in [3.05, 3.63) is 0 Å². The lowest BCUT2D eigenvalue weighted by molar-refractivity contribution is -0.174. The van der Waals surface area contributed by atoms with Crippen molar-refractivity contribution in [2.45, 2.75) is 44.8 Å². The summed E-state index contributed by atoms with van der Waals surface area (Å²) in [4.78, 5) is 25.5. The maximum absolute atomic E-state index is 12.1. The number of ether oxygens (including phenoxy) is 2. The smallest absolute Gasteiger partial charge is 0.410 e. The van der Waals surface area contributed by atoms with Crippen molar-refractivity contribution in [3.8, 4) is 0 Å². The molecule has 1 saturated carbocycles. The van der Waals surface area contributed by atoms with Gasteiger partial charge in [-0.1, -0.05) is 0 Å². The molecule has 2 bridgehead atoms. The first-order valence-corrected chi connectivity index (χ1v) is 6.44. The van der Waals surface area contributed by atoms with Crippen LogP contribution in [-0.4, -0.2) is 48.3 Å². The third-order valence-corrected chi connectivity index (χ3v) is 3.65. The summed E-state index contributed by atoms with van der Waals surface area (Å²) in [5, 5.41) is 0. The number of carbonyl (C=O) groups is 2. The van der Waals surface area contributed by atoms with E-state index in [1.54, 1.807) is 0 Å². The van der Waals surface area contributed by atoms with Crippen molar-refractivity contribution in [2.75, 3.05) is 20.2 Å². The molecule has 0 unspecified atom stereocenters. The largest absolute Gasteiger partial charge is 0.469 e.